The third-order valence-electron chi connectivity index (χ3n) is 6.24. The first-order valence-corrected chi connectivity index (χ1v) is 11.2. The number of carbonyl (C=O) groups excluding carboxylic acids is 1. The minimum Gasteiger partial charge on any atom is -0.406 e. The Kier molecular flexibility index (Phi) is 6.86. The molecule has 0 aromatic heterocycles. The van der Waals surface area contributed by atoms with Gasteiger partial charge in [0.15, 0.2) is 0 Å². The van der Waals surface area contributed by atoms with Crippen molar-refractivity contribution in [3.8, 4) is 16.9 Å². The lowest BCUT2D eigenvalue weighted by Gasteiger charge is -2.37. The molecule has 1 saturated carbocycles. The Morgan fingerprint density at radius 2 is 1.59 bits per heavy atom. The average Bonchev–Trinajstić information content (AvgIpc) is 2.80. The average molecular weight is 483 g/mol. The van der Waals surface area contributed by atoms with E-state index in [-0.39, 0.29) is 43.5 Å². The molecule has 2 aliphatic rings. The van der Waals surface area contributed by atoms with Gasteiger partial charge >= 0.3 is 12.4 Å². The summed E-state index contributed by atoms with van der Waals surface area (Å²) in [4.78, 5) is 16.4. The molecule has 1 saturated heterocycles. The van der Waals surface area contributed by atoms with Crippen molar-refractivity contribution in [2.75, 3.05) is 31.1 Å². The Morgan fingerprint density at radius 1 is 0.941 bits per heavy atom. The fourth-order valence-corrected chi connectivity index (χ4v) is 4.35. The molecule has 0 spiro atoms. The summed E-state index contributed by atoms with van der Waals surface area (Å²) in [5.74, 6) is -2.90. The zero-order valence-electron chi connectivity index (χ0n) is 18.5. The van der Waals surface area contributed by atoms with E-state index in [0.717, 1.165) is 16.8 Å². The van der Waals surface area contributed by atoms with Crippen LogP contribution in [0.25, 0.3) is 11.1 Å². The number of piperazine rings is 1. The van der Waals surface area contributed by atoms with E-state index in [9.17, 15) is 26.7 Å². The summed E-state index contributed by atoms with van der Waals surface area (Å²) in [6, 6.07) is 12.9. The normalized spacial score (nSPS) is 19.1. The lowest BCUT2D eigenvalue weighted by molar-refractivity contribution is -0.274. The number of benzene rings is 2. The summed E-state index contributed by atoms with van der Waals surface area (Å²) in [7, 11) is 0. The van der Waals surface area contributed by atoms with Crippen LogP contribution < -0.4 is 15.0 Å². The molecular weight excluding hydrogens is 457 g/mol. The highest BCUT2D eigenvalue weighted by atomic mass is 19.4. The largest absolute Gasteiger partial charge is 0.573 e. The number of nitrogens with one attached hydrogen (secondary N) is 1. The number of urea groups is 1. The zero-order chi connectivity index (χ0) is 24.3. The van der Waals surface area contributed by atoms with Crippen molar-refractivity contribution >= 4 is 11.7 Å². The van der Waals surface area contributed by atoms with Gasteiger partial charge in [0.2, 0.25) is 5.92 Å². The first kappa shape index (κ1) is 24.1. The Labute approximate surface area is 194 Å². The number of ether oxygens (including phenoxy) is 1. The van der Waals surface area contributed by atoms with Crippen LogP contribution in [-0.2, 0) is 0 Å². The van der Waals surface area contributed by atoms with Gasteiger partial charge in [-0.15, -0.1) is 13.2 Å². The fourth-order valence-electron chi connectivity index (χ4n) is 4.35. The van der Waals surface area contributed by atoms with Crippen molar-refractivity contribution in [3.05, 3.63) is 48.5 Å². The Balaban J connectivity index is 1.32. The van der Waals surface area contributed by atoms with Crippen LogP contribution in [0, 0.1) is 0 Å². The number of carbonyl (C=O) groups is 1. The zero-order valence-corrected chi connectivity index (χ0v) is 18.5. The second-order valence-corrected chi connectivity index (χ2v) is 8.68. The number of hydrogen-bond donors (Lipinski definition) is 1. The van der Waals surface area contributed by atoms with Crippen LogP contribution in [-0.4, -0.2) is 55.4 Å². The summed E-state index contributed by atoms with van der Waals surface area (Å²) in [6.07, 6.45) is -4.55. The van der Waals surface area contributed by atoms with E-state index in [4.69, 9.17) is 0 Å². The van der Waals surface area contributed by atoms with Crippen molar-refractivity contribution in [2.24, 2.45) is 0 Å². The second-order valence-electron chi connectivity index (χ2n) is 8.68. The van der Waals surface area contributed by atoms with Crippen molar-refractivity contribution < 1.29 is 31.5 Å². The molecule has 2 fully saturated rings. The van der Waals surface area contributed by atoms with E-state index in [1.807, 2.05) is 24.3 Å². The molecule has 1 heterocycles. The van der Waals surface area contributed by atoms with Crippen LogP contribution in [0.3, 0.4) is 0 Å². The predicted molar refractivity (Wildman–Crippen MR) is 118 cm³/mol. The van der Waals surface area contributed by atoms with Crippen LogP contribution in [0.2, 0.25) is 0 Å². The molecule has 2 aromatic carbocycles. The molecule has 0 unspecified atom stereocenters. The number of amides is 2. The van der Waals surface area contributed by atoms with Gasteiger partial charge in [-0.05, 0) is 48.2 Å². The minimum absolute atomic E-state index is 0.194. The highest BCUT2D eigenvalue weighted by molar-refractivity contribution is 5.75. The summed E-state index contributed by atoms with van der Waals surface area (Å²) >= 11 is 0. The third-order valence-corrected chi connectivity index (χ3v) is 6.24. The first-order chi connectivity index (χ1) is 16.1. The summed E-state index contributed by atoms with van der Waals surface area (Å²) < 4.78 is 67.6. The van der Waals surface area contributed by atoms with Crippen LogP contribution in [0.1, 0.15) is 25.7 Å². The SMILES string of the molecule is O=C(NC1CCC(F)(F)CC1)N1CCN(c2cccc(-c3ccc(OC(F)(F)F)cc3)c2)CC1. The number of hydrogen-bond acceptors (Lipinski definition) is 3. The summed E-state index contributed by atoms with van der Waals surface area (Å²) in [5, 5.41) is 2.88. The number of halogens is 5. The summed E-state index contributed by atoms with van der Waals surface area (Å²) in [5.41, 5.74) is 2.56. The maximum absolute atomic E-state index is 13.3. The topological polar surface area (TPSA) is 44.8 Å². The molecule has 1 aliphatic heterocycles. The van der Waals surface area contributed by atoms with Crippen LogP contribution in [0.15, 0.2) is 48.5 Å². The standard InChI is InChI=1S/C24H26F5N3O2/c25-23(26)10-8-19(9-11-23)30-22(33)32-14-12-31(13-15-32)20-3-1-2-18(16-20)17-4-6-21(7-5-17)34-24(27,28)29/h1-7,16,19H,8-15H2,(H,30,33). The van der Waals surface area contributed by atoms with Gasteiger partial charge in [0, 0.05) is 50.7 Å². The molecule has 2 aromatic rings. The number of nitrogens with zero attached hydrogens (tertiary/aromatic N) is 2. The van der Waals surface area contributed by atoms with Gasteiger partial charge in [0.1, 0.15) is 5.75 Å². The Morgan fingerprint density at radius 3 is 2.21 bits per heavy atom. The number of rotatable bonds is 4. The Hall–Kier alpha value is -3.04. The van der Waals surface area contributed by atoms with E-state index in [1.165, 1.54) is 12.1 Å². The van der Waals surface area contributed by atoms with Gasteiger partial charge in [-0.1, -0.05) is 24.3 Å². The quantitative estimate of drug-likeness (QED) is 0.571. The van der Waals surface area contributed by atoms with Gasteiger partial charge in [-0.25, -0.2) is 13.6 Å². The maximum atomic E-state index is 13.3. The molecule has 0 bridgehead atoms. The van der Waals surface area contributed by atoms with Gasteiger partial charge in [0.05, 0.1) is 0 Å². The van der Waals surface area contributed by atoms with Gasteiger partial charge in [-0.2, -0.15) is 0 Å². The minimum atomic E-state index is -4.73. The first-order valence-electron chi connectivity index (χ1n) is 11.2. The lowest BCUT2D eigenvalue weighted by Crippen LogP contribution is -2.54. The number of alkyl halides is 5. The highest BCUT2D eigenvalue weighted by Gasteiger charge is 2.36. The molecular formula is C24H26F5N3O2. The van der Waals surface area contributed by atoms with E-state index in [2.05, 4.69) is 15.0 Å². The third kappa shape index (κ3) is 6.30. The number of anilines is 1. The fraction of sp³-hybridized carbons (Fsp3) is 0.458. The van der Waals surface area contributed by atoms with E-state index < -0.39 is 12.3 Å². The van der Waals surface area contributed by atoms with Gasteiger partial charge < -0.3 is 19.9 Å². The lowest BCUT2D eigenvalue weighted by atomic mass is 9.92. The molecule has 10 heteroatoms. The van der Waals surface area contributed by atoms with Crippen LogP contribution in [0.5, 0.6) is 5.75 Å². The second kappa shape index (κ2) is 9.68. The molecule has 4 rings (SSSR count). The molecule has 34 heavy (non-hydrogen) atoms. The molecule has 1 aliphatic carbocycles. The maximum Gasteiger partial charge on any atom is 0.573 e. The van der Waals surface area contributed by atoms with E-state index in [0.29, 0.717) is 26.2 Å². The van der Waals surface area contributed by atoms with Gasteiger partial charge in [-0.3, -0.25) is 0 Å². The van der Waals surface area contributed by atoms with Crippen LogP contribution in [0.4, 0.5) is 32.4 Å². The molecule has 184 valence electrons. The molecule has 0 atom stereocenters. The van der Waals surface area contributed by atoms with Crippen LogP contribution >= 0.6 is 0 Å². The van der Waals surface area contributed by atoms with Crippen molar-refractivity contribution in [1.29, 1.82) is 0 Å². The molecule has 1 N–H and O–H groups in total. The monoisotopic (exact) mass is 483 g/mol. The predicted octanol–water partition coefficient (Wildman–Crippen LogP) is 5.66. The molecule has 0 radical (unpaired) electrons. The molecule has 5 nitrogen and oxygen atoms in total. The van der Waals surface area contributed by atoms with Crippen molar-refractivity contribution in [2.45, 2.75) is 44.0 Å². The highest BCUT2D eigenvalue weighted by Crippen LogP contribution is 2.33. The van der Waals surface area contributed by atoms with E-state index in [1.54, 1.807) is 17.0 Å². The van der Waals surface area contributed by atoms with E-state index >= 15 is 0 Å². The smallest absolute Gasteiger partial charge is 0.406 e. The van der Waals surface area contributed by atoms with Crippen molar-refractivity contribution in [1.82, 2.24) is 10.2 Å². The van der Waals surface area contributed by atoms with Crippen molar-refractivity contribution in [3.63, 3.8) is 0 Å². The van der Waals surface area contributed by atoms with Gasteiger partial charge in [0.25, 0.3) is 0 Å². The summed E-state index contributed by atoms with van der Waals surface area (Å²) in [6.45, 7) is 2.22. The molecule has 2 amide bonds. The Bertz CT molecular complexity index is 979.